The summed E-state index contributed by atoms with van der Waals surface area (Å²) in [5.74, 6) is 0.920. The molecule has 1 fully saturated rings. The van der Waals surface area contributed by atoms with Gasteiger partial charge in [0.2, 0.25) is 0 Å². The van der Waals surface area contributed by atoms with Gasteiger partial charge in [-0.15, -0.1) is 11.3 Å². The van der Waals surface area contributed by atoms with Gasteiger partial charge in [-0.05, 0) is 32.4 Å². The molecule has 2 N–H and O–H groups in total. The zero-order valence-corrected chi connectivity index (χ0v) is 12.0. The lowest BCUT2D eigenvalue weighted by molar-refractivity contribution is 0.608. The van der Waals surface area contributed by atoms with Crippen molar-refractivity contribution in [2.24, 2.45) is 0 Å². The Morgan fingerprint density at radius 1 is 1.35 bits per heavy atom. The van der Waals surface area contributed by atoms with E-state index in [1.165, 1.54) is 11.3 Å². The standard InChI is InChI=1S/C14H15N5S/c1-8-9(6-17-19-8)12-5-11-13(20-12)7-16-14(18-11)10-3-2-4-15-10/h5-7,10,15H,2-4H2,1H3,(H,17,19)/t10-/m0/s1. The first-order valence-electron chi connectivity index (χ1n) is 6.81. The fourth-order valence-corrected chi connectivity index (χ4v) is 3.69. The molecule has 5 nitrogen and oxygen atoms in total. The van der Waals surface area contributed by atoms with Crippen LogP contribution < -0.4 is 5.32 Å². The van der Waals surface area contributed by atoms with Crippen molar-refractivity contribution in [3.05, 3.63) is 30.0 Å². The smallest absolute Gasteiger partial charge is 0.145 e. The molecule has 4 heterocycles. The molecule has 1 atom stereocenters. The second kappa shape index (κ2) is 4.64. The van der Waals surface area contributed by atoms with Gasteiger partial charge in [-0.1, -0.05) is 0 Å². The third-order valence-corrected chi connectivity index (χ3v) is 4.85. The molecule has 0 saturated carbocycles. The Hall–Kier alpha value is -1.79. The molecular formula is C14H15N5S. The molecule has 20 heavy (non-hydrogen) atoms. The quantitative estimate of drug-likeness (QED) is 0.760. The van der Waals surface area contributed by atoms with Crippen LogP contribution in [0.15, 0.2) is 18.5 Å². The Kier molecular flexibility index (Phi) is 2.78. The van der Waals surface area contributed by atoms with Crippen LogP contribution in [-0.4, -0.2) is 26.7 Å². The van der Waals surface area contributed by atoms with Gasteiger partial charge in [0.15, 0.2) is 0 Å². The average molecular weight is 285 g/mol. The van der Waals surface area contributed by atoms with Crippen molar-refractivity contribution in [3.8, 4) is 10.4 Å². The molecule has 0 radical (unpaired) electrons. The summed E-state index contributed by atoms with van der Waals surface area (Å²) in [5.41, 5.74) is 3.26. The van der Waals surface area contributed by atoms with Gasteiger partial charge in [-0.25, -0.2) is 9.97 Å². The minimum atomic E-state index is 0.318. The molecule has 0 aromatic carbocycles. The van der Waals surface area contributed by atoms with Gasteiger partial charge in [0.05, 0.1) is 22.5 Å². The van der Waals surface area contributed by atoms with Crippen molar-refractivity contribution >= 4 is 21.6 Å². The largest absolute Gasteiger partial charge is 0.307 e. The topological polar surface area (TPSA) is 66.5 Å². The predicted molar refractivity (Wildman–Crippen MR) is 79.7 cm³/mol. The van der Waals surface area contributed by atoms with E-state index in [4.69, 9.17) is 4.98 Å². The Morgan fingerprint density at radius 3 is 3.05 bits per heavy atom. The van der Waals surface area contributed by atoms with E-state index in [-0.39, 0.29) is 0 Å². The van der Waals surface area contributed by atoms with E-state index in [1.807, 2.05) is 19.3 Å². The third-order valence-electron chi connectivity index (χ3n) is 3.76. The second-order valence-corrected chi connectivity index (χ2v) is 6.23. The van der Waals surface area contributed by atoms with E-state index in [1.54, 1.807) is 11.3 Å². The first-order chi connectivity index (χ1) is 9.81. The van der Waals surface area contributed by atoms with Crippen molar-refractivity contribution in [1.29, 1.82) is 0 Å². The fraction of sp³-hybridized carbons (Fsp3) is 0.357. The second-order valence-electron chi connectivity index (χ2n) is 5.15. The van der Waals surface area contributed by atoms with Crippen LogP contribution >= 0.6 is 11.3 Å². The van der Waals surface area contributed by atoms with E-state index in [0.717, 1.165) is 40.3 Å². The fourth-order valence-electron chi connectivity index (χ4n) is 2.66. The van der Waals surface area contributed by atoms with Crippen LogP contribution in [-0.2, 0) is 0 Å². The number of aromatic amines is 1. The molecule has 3 aromatic rings. The third kappa shape index (κ3) is 1.92. The summed E-state index contributed by atoms with van der Waals surface area (Å²) in [4.78, 5) is 10.4. The van der Waals surface area contributed by atoms with Crippen molar-refractivity contribution < 1.29 is 0 Å². The zero-order valence-electron chi connectivity index (χ0n) is 11.2. The first-order valence-corrected chi connectivity index (χ1v) is 7.63. The Morgan fingerprint density at radius 2 is 2.30 bits per heavy atom. The molecule has 1 aliphatic rings. The molecular weight excluding hydrogens is 270 g/mol. The number of hydrogen-bond donors (Lipinski definition) is 2. The van der Waals surface area contributed by atoms with Gasteiger partial charge >= 0.3 is 0 Å². The highest BCUT2D eigenvalue weighted by molar-refractivity contribution is 7.22. The lowest BCUT2D eigenvalue weighted by Gasteiger charge is -2.07. The average Bonchev–Trinajstić information content (AvgIpc) is 3.17. The molecule has 102 valence electrons. The van der Waals surface area contributed by atoms with Gasteiger partial charge in [-0.3, -0.25) is 5.10 Å². The summed E-state index contributed by atoms with van der Waals surface area (Å²) in [6.45, 7) is 3.10. The molecule has 1 aliphatic heterocycles. The van der Waals surface area contributed by atoms with Crippen LogP contribution in [0.2, 0.25) is 0 Å². The summed E-state index contributed by atoms with van der Waals surface area (Å²) in [6, 6.07) is 2.45. The Balaban J connectivity index is 1.77. The van der Waals surface area contributed by atoms with Crippen molar-refractivity contribution in [2.75, 3.05) is 6.54 Å². The number of hydrogen-bond acceptors (Lipinski definition) is 5. The van der Waals surface area contributed by atoms with Gasteiger partial charge < -0.3 is 5.32 Å². The summed E-state index contributed by atoms with van der Waals surface area (Å²) in [6.07, 6.45) is 6.15. The lowest BCUT2D eigenvalue weighted by atomic mass is 10.2. The van der Waals surface area contributed by atoms with Crippen LogP contribution in [0.3, 0.4) is 0 Å². The number of nitrogens with zero attached hydrogens (tertiary/aromatic N) is 3. The first kappa shape index (κ1) is 12.0. The summed E-state index contributed by atoms with van der Waals surface area (Å²) < 4.78 is 1.13. The number of aryl methyl sites for hydroxylation is 1. The van der Waals surface area contributed by atoms with E-state index in [2.05, 4.69) is 26.6 Å². The number of fused-ring (bicyclic) bond motifs is 1. The van der Waals surface area contributed by atoms with Crippen molar-refractivity contribution in [3.63, 3.8) is 0 Å². The lowest BCUT2D eigenvalue weighted by Crippen LogP contribution is -2.15. The normalized spacial score (nSPS) is 18.9. The number of aromatic nitrogens is 4. The van der Waals surface area contributed by atoms with Gasteiger partial charge in [0, 0.05) is 22.3 Å². The maximum atomic E-state index is 4.72. The van der Waals surface area contributed by atoms with Crippen LogP contribution in [0.25, 0.3) is 20.7 Å². The van der Waals surface area contributed by atoms with Gasteiger partial charge in [0.1, 0.15) is 5.82 Å². The SMILES string of the molecule is Cc1[nH]ncc1-c1cc2nc([C@@H]3CCCN3)ncc2s1. The van der Waals surface area contributed by atoms with E-state index < -0.39 is 0 Å². The number of rotatable bonds is 2. The van der Waals surface area contributed by atoms with Crippen LogP contribution in [0, 0.1) is 6.92 Å². The molecule has 0 bridgehead atoms. The highest BCUT2D eigenvalue weighted by Crippen LogP contribution is 2.34. The van der Waals surface area contributed by atoms with E-state index >= 15 is 0 Å². The summed E-state index contributed by atoms with van der Waals surface area (Å²) in [7, 11) is 0. The van der Waals surface area contributed by atoms with Gasteiger partial charge in [-0.2, -0.15) is 5.10 Å². The summed E-state index contributed by atoms with van der Waals surface area (Å²) in [5, 5.41) is 10.5. The molecule has 0 amide bonds. The molecule has 3 aromatic heterocycles. The molecule has 6 heteroatoms. The monoisotopic (exact) mass is 285 g/mol. The zero-order chi connectivity index (χ0) is 13.5. The molecule has 0 aliphatic carbocycles. The van der Waals surface area contributed by atoms with Crippen molar-refractivity contribution in [1.82, 2.24) is 25.5 Å². The summed E-state index contributed by atoms with van der Waals surface area (Å²) >= 11 is 1.72. The Labute approximate surface area is 120 Å². The Bertz CT molecular complexity index is 754. The minimum absolute atomic E-state index is 0.318. The van der Waals surface area contributed by atoms with Crippen LogP contribution in [0.5, 0.6) is 0 Å². The van der Waals surface area contributed by atoms with Crippen molar-refractivity contribution in [2.45, 2.75) is 25.8 Å². The highest BCUT2D eigenvalue weighted by atomic mass is 32.1. The van der Waals surface area contributed by atoms with Crippen LogP contribution in [0.1, 0.15) is 30.4 Å². The number of thiophene rings is 1. The minimum Gasteiger partial charge on any atom is -0.307 e. The predicted octanol–water partition coefficient (Wildman–Crippen LogP) is 2.81. The maximum absolute atomic E-state index is 4.72. The molecule has 0 spiro atoms. The highest BCUT2D eigenvalue weighted by Gasteiger charge is 2.19. The molecule has 1 saturated heterocycles. The van der Waals surface area contributed by atoms with Gasteiger partial charge in [0.25, 0.3) is 0 Å². The van der Waals surface area contributed by atoms with E-state index in [9.17, 15) is 0 Å². The van der Waals surface area contributed by atoms with Crippen LogP contribution in [0.4, 0.5) is 0 Å². The molecule has 0 unspecified atom stereocenters. The maximum Gasteiger partial charge on any atom is 0.145 e. The number of nitrogens with one attached hydrogen (secondary N) is 2. The van der Waals surface area contributed by atoms with E-state index in [0.29, 0.717) is 6.04 Å². The molecule has 4 rings (SSSR count). The number of H-pyrrole nitrogens is 1.